The van der Waals surface area contributed by atoms with Crippen LogP contribution in [0.2, 0.25) is 0 Å². The Balaban J connectivity index is 2.02. The summed E-state index contributed by atoms with van der Waals surface area (Å²) in [6.07, 6.45) is 2.46. The number of rotatable bonds is 4. The lowest BCUT2D eigenvalue weighted by Crippen LogP contribution is -2.17. The number of imidazole rings is 1. The Kier molecular flexibility index (Phi) is 3.88. The molecule has 0 spiro atoms. The van der Waals surface area contributed by atoms with E-state index in [9.17, 15) is 4.79 Å². The zero-order valence-electron chi connectivity index (χ0n) is 13.0. The van der Waals surface area contributed by atoms with Gasteiger partial charge in [0, 0.05) is 30.0 Å². The third kappa shape index (κ3) is 2.71. The number of benzene rings is 1. The molecule has 1 aromatic carbocycles. The smallest absolute Gasteiger partial charge is 0.323 e. The molecule has 1 fully saturated rings. The topological polar surface area (TPSA) is 58.4 Å². The van der Waals surface area contributed by atoms with E-state index in [2.05, 4.69) is 22.0 Å². The number of hydrogen-bond acceptors (Lipinski definition) is 3. The van der Waals surface area contributed by atoms with Crippen molar-refractivity contribution >= 4 is 11.7 Å². The average molecular weight is 299 g/mol. The average Bonchev–Trinajstić information content (AvgIpc) is 3.11. The molecule has 0 atom stereocenters. The number of hydrogen-bond donors (Lipinski definition) is 1. The highest BCUT2D eigenvalue weighted by Gasteiger charge is 2.17. The van der Waals surface area contributed by atoms with Crippen molar-refractivity contribution in [1.82, 2.24) is 9.55 Å². The zero-order chi connectivity index (χ0) is 15.7. The summed E-state index contributed by atoms with van der Waals surface area (Å²) >= 11 is 0. The highest BCUT2D eigenvalue weighted by Crippen LogP contribution is 2.28. The van der Waals surface area contributed by atoms with Crippen LogP contribution in [0.25, 0.3) is 11.4 Å². The number of carboxylic acid groups (broad SMARTS) is 1. The predicted molar refractivity (Wildman–Crippen MR) is 86.2 cm³/mol. The van der Waals surface area contributed by atoms with Gasteiger partial charge in [0.05, 0.1) is 5.69 Å². The molecule has 0 amide bonds. The van der Waals surface area contributed by atoms with Gasteiger partial charge in [-0.3, -0.25) is 4.79 Å². The molecule has 2 aromatic rings. The van der Waals surface area contributed by atoms with Crippen molar-refractivity contribution in [1.29, 1.82) is 0 Å². The fourth-order valence-electron chi connectivity index (χ4n) is 3.02. The second-order valence-corrected chi connectivity index (χ2v) is 5.83. The Labute approximate surface area is 130 Å². The minimum atomic E-state index is -0.850. The van der Waals surface area contributed by atoms with Crippen LogP contribution in [0, 0.1) is 13.8 Å². The Morgan fingerprint density at radius 1 is 1.27 bits per heavy atom. The highest BCUT2D eigenvalue weighted by atomic mass is 16.4. The SMILES string of the molecule is Cc1nc(-c2cccc(N3CCCC3)c2)n(CC(=O)O)c1C. The summed E-state index contributed by atoms with van der Waals surface area (Å²) in [6, 6.07) is 8.25. The van der Waals surface area contributed by atoms with Crippen molar-refractivity contribution in [3.63, 3.8) is 0 Å². The maximum atomic E-state index is 11.1. The maximum Gasteiger partial charge on any atom is 0.323 e. The van der Waals surface area contributed by atoms with Crippen LogP contribution in [0.4, 0.5) is 5.69 Å². The molecule has 0 bridgehead atoms. The van der Waals surface area contributed by atoms with E-state index >= 15 is 0 Å². The van der Waals surface area contributed by atoms with Crippen molar-refractivity contribution in [3.8, 4) is 11.4 Å². The first kappa shape index (κ1) is 14.6. The zero-order valence-corrected chi connectivity index (χ0v) is 13.0. The fourth-order valence-corrected chi connectivity index (χ4v) is 3.02. The van der Waals surface area contributed by atoms with Crippen molar-refractivity contribution in [2.45, 2.75) is 33.2 Å². The molecule has 116 valence electrons. The lowest BCUT2D eigenvalue weighted by Gasteiger charge is -2.18. The van der Waals surface area contributed by atoms with Gasteiger partial charge >= 0.3 is 5.97 Å². The second kappa shape index (κ2) is 5.83. The quantitative estimate of drug-likeness (QED) is 0.943. The molecule has 5 heteroatoms. The lowest BCUT2D eigenvalue weighted by molar-refractivity contribution is -0.137. The molecule has 0 radical (unpaired) electrons. The van der Waals surface area contributed by atoms with Gasteiger partial charge in [-0.05, 0) is 38.8 Å². The number of anilines is 1. The summed E-state index contributed by atoms with van der Waals surface area (Å²) in [7, 11) is 0. The molecule has 1 saturated heterocycles. The third-order valence-corrected chi connectivity index (χ3v) is 4.33. The molecular formula is C17H21N3O2. The van der Waals surface area contributed by atoms with Crippen molar-refractivity contribution in [3.05, 3.63) is 35.7 Å². The van der Waals surface area contributed by atoms with Crippen LogP contribution in [0.5, 0.6) is 0 Å². The second-order valence-electron chi connectivity index (χ2n) is 5.83. The first-order valence-electron chi connectivity index (χ1n) is 7.67. The predicted octanol–water partition coefficient (Wildman–Crippen LogP) is 2.85. The van der Waals surface area contributed by atoms with E-state index in [1.165, 1.54) is 18.5 Å². The Morgan fingerprint density at radius 2 is 2.00 bits per heavy atom. The minimum absolute atomic E-state index is 0.0596. The van der Waals surface area contributed by atoms with E-state index < -0.39 is 5.97 Å². The number of aromatic nitrogens is 2. The molecule has 1 aromatic heterocycles. The molecule has 5 nitrogen and oxygen atoms in total. The van der Waals surface area contributed by atoms with E-state index in [-0.39, 0.29) is 6.54 Å². The molecule has 1 N–H and O–H groups in total. The highest BCUT2D eigenvalue weighted by molar-refractivity contribution is 5.70. The van der Waals surface area contributed by atoms with E-state index in [0.717, 1.165) is 35.9 Å². The molecule has 0 saturated carbocycles. The van der Waals surface area contributed by atoms with Gasteiger partial charge in [0.2, 0.25) is 0 Å². The monoisotopic (exact) mass is 299 g/mol. The van der Waals surface area contributed by atoms with Gasteiger partial charge in [0.15, 0.2) is 0 Å². The van der Waals surface area contributed by atoms with Crippen LogP contribution in [0.15, 0.2) is 24.3 Å². The van der Waals surface area contributed by atoms with Gasteiger partial charge < -0.3 is 14.6 Å². The summed E-state index contributed by atoms with van der Waals surface area (Å²) in [5.74, 6) is -0.115. The molecule has 1 aliphatic rings. The number of carboxylic acids is 1. The van der Waals surface area contributed by atoms with Gasteiger partial charge in [0.1, 0.15) is 12.4 Å². The van der Waals surface area contributed by atoms with Crippen molar-refractivity contribution in [2.24, 2.45) is 0 Å². The van der Waals surface area contributed by atoms with Crippen LogP contribution >= 0.6 is 0 Å². The Morgan fingerprint density at radius 3 is 2.68 bits per heavy atom. The first-order valence-corrected chi connectivity index (χ1v) is 7.67. The Bertz CT molecular complexity index is 700. The van der Waals surface area contributed by atoms with Crippen LogP contribution in [-0.2, 0) is 11.3 Å². The molecule has 3 rings (SSSR count). The van der Waals surface area contributed by atoms with Crippen LogP contribution in [0.3, 0.4) is 0 Å². The maximum absolute atomic E-state index is 11.1. The van der Waals surface area contributed by atoms with Gasteiger partial charge in [0.25, 0.3) is 0 Å². The summed E-state index contributed by atoms with van der Waals surface area (Å²) in [6.45, 7) is 5.95. The van der Waals surface area contributed by atoms with Crippen LogP contribution in [-0.4, -0.2) is 33.7 Å². The van der Waals surface area contributed by atoms with E-state index in [1.807, 2.05) is 26.0 Å². The van der Waals surface area contributed by atoms with Crippen LogP contribution in [0.1, 0.15) is 24.2 Å². The van der Waals surface area contributed by atoms with E-state index in [1.54, 1.807) is 4.57 Å². The van der Waals surface area contributed by atoms with Crippen LogP contribution < -0.4 is 4.90 Å². The summed E-state index contributed by atoms with van der Waals surface area (Å²) in [5, 5.41) is 9.14. The number of aliphatic carboxylic acids is 1. The van der Waals surface area contributed by atoms with Crippen molar-refractivity contribution in [2.75, 3.05) is 18.0 Å². The van der Waals surface area contributed by atoms with E-state index in [4.69, 9.17) is 5.11 Å². The minimum Gasteiger partial charge on any atom is -0.480 e. The molecule has 0 aliphatic carbocycles. The Hall–Kier alpha value is -2.30. The molecule has 0 unspecified atom stereocenters. The first-order chi connectivity index (χ1) is 10.6. The van der Waals surface area contributed by atoms with Gasteiger partial charge in [-0.15, -0.1) is 0 Å². The number of aryl methyl sites for hydroxylation is 1. The molecule has 22 heavy (non-hydrogen) atoms. The fraction of sp³-hybridized carbons (Fsp3) is 0.412. The normalized spacial score (nSPS) is 14.5. The lowest BCUT2D eigenvalue weighted by atomic mass is 10.1. The van der Waals surface area contributed by atoms with Gasteiger partial charge in [-0.25, -0.2) is 4.98 Å². The van der Waals surface area contributed by atoms with Crippen molar-refractivity contribution < 1.29 is 9.90 Å². The van der Waals surface area contributed by atoms with Gasteiger partial charge in [-0.1, -0.05) is 12.1 Å². The van der Waals surface area contributed by atoms with Gasteiger partial charge in [-0.2, -0.15) is 0 Å². The van der Waals surface area contributed by atoms with E-state index in [0.29, 0.717) is 0 Å². The molecule has 1 aliphatic heterocycles. The summed E-state index contributed by atoms with van der Waals surface area (Å²) in [5.41, 5.74) is 3.95. The number of carbonyl (C=O) groups is 1. The number of nitrogens with zero attached hydrogens (tertiary/aromatic N) is 3. The summed E-state index contributed by atoms with van der Waals surface area (Å²) in [4.78, 5) is 18.1. The largest absolute Gasteiger partial charge is 0.480 e. The third-order valence-electron chi connectivity index (χ3n) is 4.33. The summed E-state index contributed by atoms with van der Waals surface area (Å²) < 4.78 is 1.78. The molecule has 2 heterocycles. The molecular weight excluding hydrogens is 278 g/mol. The standard InChI is InChI=1S/C17H21N3O2/c1-12-13(2)20(11-16(21)22)17(18-12)14-6-5-7-15(10-14)19-8-3-4-9-19/h5-7,10H,3-4,8-9,11H2,1-2H3,(H,21,22).